The van der Waals surface area contributed by atoms with Crippen LogP contribution in [0.15, 0.2) is 39.8 Å². The number of nitrogens with one attached hydrogen (secondary N) is 1. The molecule has 2 rings (SSSR count). The van der Waals surface area contributed by atoms with Crippen molar-refractivity contribution in [2.45, 2.75) is 24.3 Å². The number of methoxy groups -OCH3 is 2. The summed E-state index contributed by atoms with van der Waals surface area (Å²) in [6, 6.07) is 6.44. The molecule has 0 saturated carbocycles. The number of sulfonamides is 1. The summed E-state index contributed by atoms with van der Waals surface area (Å²) in [5.41, 5.74) is 0.711. The van der Waals surface area contributed by atoms with Crippen LogP contribution < -0.4 is 4.72 Å². The predicted molar refractivity (Wildman–Crippen MR) is 89.2 cm³/mol. The van der Waals surface area contributed by atoms with Gasteiger partial charge in [0.15, 0.2) is 5.89 Å². The monoisotopic (exact) mass is 354 g/mol. The number of oxazole rings is 1. The first-order valence-electron chi connectivity index (χ1n) is 7.36. The van der Waals surface area contributed by atoms with Gasteiger partial charge in [-0.1, -0.05) is 12.1 Å². The second kappa shape index (κ2) is 7.43. The molecule has 0 bridgehead atoms. The van der Waals surface area contributed by atoms with Crippen LogP contribution in [0.4, 0.5) is 0 Å². The molecule has 0 aliphatic heterocycles. The maximum Gasteiger partial charge on any atom is 0.240 e. The zero-order chi connectivity index (χ0) is 17.8. The Hall–Kier alpha value is -1.74. The second-order valence-corrected chi connectivity index (χ2v) is 7.45. The van der Waals surface area contributed by atoms with Crippen molar-refractivity contribution >= 4 is 10.0 Å². The van der Waals surface area contributed by atoms with E-state index in [1.54, 1.807) is 26.0 Å². The molecule has 7 nitrogen and oxygen atoms in total. The molecule has 1 unspecified atom stereocenters. The minimum Gasteiger partial charge on any atom is -0.449 e. The normalized spacial score (nSPS) is 14.5. The Kier molecular flexibility index (Phi) is 5.76. The minimum absolute atomic E-state index is 0.101. The van der Waals surface area contributed by atoms with E-state index in [0.717, 1.165) is 5.56 Å². The molecule has 0 fully saturated rings. The van der Waals surface area contributed by atoms with Gasteiger partial charge in [-0.25, -0.2) is 18.1 Å². The maximum atomic E-state index is 12.4. The van der Waals surface area contributed by atoms with Crippen molar-refractivity contribution < 1.29 is 22.3 Å². The molecule has 1 atom stereocenters. The number of benzene rings is 1. The third-order valence-corrected chi connectivity index (χ3v) is 5.08. The van der Waals surface area contributed by atoms with Crippen LogP contribution >= 0.6 is 0 Å². The zero-order valence-electron chi connectivity index (χ0n) is 14.2. The Morgan fingerprint density at radius 3 is 2.42 bits per heavy atom. The molecular weight excluding hydrogens is 332 g/mol. The Balaban J connectivity index is 2.12. The summed E-state index contributed by atoms with van der Waals surface area (Å²) in [7, 11) is -0.591. The van der Waals surface area contributed by atoms with Crippen LogP contribution in [0.5, 0.6) is 0 Å². The first-order chi connectivity index (χ1) is 11.3. The van der Waals surface area contributed by atoms with Crippen LogP contribution in [0, 0.1) is 6.92 Å². The topological polar surface area (TPSA) is 90.7 Å². The van der Waals surface area contributed by atoms with Gasteiger partial charge in [0.2, 0.25) is 10.0 Å². The fourth-order valence-corrected chi connectivity index (χ4v) is 3.28. The van der Waals surface area contributed by atoms with Gasteiger partial charge in [0.1, 0.15) is 17.6 Å². The number of aromatic nitrogens is 1. The molecule has 8 heteroatoms. The van der Waals surface area contributed by atoms with Crippen LogP contribution in [0.1, 0.15) is 12.8 Å². The fraction of sp³-hybridized carbons (Fsp3) is 0.438. The smallest absolute Gasteiger partial charge is 0.240 e. The van der Waals surface area contributed by atoms with Crippen LogP contribution in [0.3, 0.4) is 0 Å². The first-order valence-corrected chi connectivity index (χ1v) is 8.84. The lowest BCUT2D eigenvalue weighted by Gasteiger charge is -2.27. The van der Waals surface area contributed by atoms with Gasteiger partial charge >= 0.3 is 0 Å². The number of rotatable bonds is 8. The molecule has 1 aromatic heterocycles. The van der Waals surface area contributed by atoms with Crippen molar-refractivity contribution in [3.05, 3.63) is 36.4 Å². The highest BCUT2D eigenvalue weighted by molar-refractivity contribution is 7.89. The van der Waals surface area contributed by atoms with Crippen LogP contribution in [-0.4, -0.2) is 46.4 Å². The minimum atomic E-state index is -3.65. The van der Waals surface area contributed by atoms with Crippen LogP contribution in [-0.2, 0) is 19.5 Å². The summed E-state index contributed by atoms with van der Waals surface area (Å²) in [4.78, 5) is 4.38. The lowest BCUT2D eigenvalue weighted by Crippen LogP contribution is -2.45. The summed E-state index contributed by atoms with van der Waals surface area (Å²) in [5.74, 6) is 0.556. The summed E-state index contributed by atoms with van der Waals surface area (Å²) >= 11 is 0. The molecule has 0 amide bonds. The molecule has 1 aromatic carbocycles. The molecule has 132 valence electrons. The van der Waals surface area contributed by atoms with Gasteiger partial charge in [0, 0.05) is 33.3 Å². The van der Waals surface area contributed by atoms with E-state index < -0.39 is 15.6 Å². The molecule has 1 N–H and O–H groups in total. The van der Waals surface area contributed by atoms with Crippen LogP contribution in [0.25, 0.3) is 11.3 Å². The largest absolute Gasteiger partial charge is 0.449 e. The van der Waals surface area contributed by atoms with Crippen molar-refractivity contribution in [1.82, 2.24) is 9.71 Å². The number of aryl methyl sites for hydroxylation is 1. The Bertz CT molecular complexity index is 770. The lowest BCUT2D eigenvalue weighted by molar-refractivity contribution is -0.0460. The van der Waals surface area contributed by atoms with Crippen molar-refractivity contribution in [2.24, 2.45) is 0 Å². The predicted octanol–water partition coefficient (Wildman–Crippen LogP) is 1.98. The van der Waals surface area contributed by atoms with Crippen molar-refractivity contribution in [3.8, 4) is 11.3 Å². The van der Waals surface area contributed by atoms with E-state index in [2.05, 4.69) is 9.71 Å². The van der Waals surface area contributed by atoms with E-state index in [1.807, 2.05) is 0 Å². The lowest BCUT2D eigenvalue weighted by atomic mass is 10.1. The standard InChI is InChI=1S/C16H22N2O5S/c1-12-18-15(9-23-12)13-5-7-14(8-6-13)24(19,20)17-10-16(2,22-4)11-21-3/h5-9,17H,10-11H2,1-4H3. The Morgan fingerprint density at radius 2 is 1.92 bits per heavy atom. The van der Waals surface area contributed by atoms with Gasteiger partial charge in [0.25, 0.3) is 0 Å². The molecular formula is C16H22N2O5S. The number of ether oxygens (including phenoxy) is 2. The zero-order valence-corrected chi connectivity index (χ0v) is 15.0. The number of hydrogen-bond donors (Lipinski definition) is 1. The number of hydrogen-bond acceptors (Lipinski definition) is 6. The van der Waals surface area contributed by atoms with Crippen LogP contribution in [0.2, 0.25) is 0 Å². The Morgan fingerprint density at radius 1 is 1.25 bits per heavy atom. The highest BCUT2D eigenvalue weighted by Crippen LogP contribution is 2.21. The summed E-state index contributed by atoms with van der Waals surface area (Å²) in [5, 5.41) is 0. The van der Waals surface area contributed by atoms with E-state index in [9.17, 15) is 8.42 Å². The van der Waals surface area contributed by atoms with E-state index in [0.29, 0.717) is 11.6 Å². The van der Waals surface area contributed by atoms with E-state index in [4.69, 9.17) is 13.9 Å². The fourth-order valence-electron chi connectivity index (χ4n) is 2.12. The second-order valence-electron chi connectivity index (χ2n) is 5.69. The van der Waals surface area contributed by atoms with Gasteiger partial charge in [-0.2, -0.15) is 0 Å². The molecule has 0 aliphatic carbocycles. The average Bonchev–Trinajstić information content (AvgIpc) is 3.00. The van der Waals surface area contributed by atoms with Gasteiger partial charge in [-0.15, -0.1) is 0 Å². The summed E-state index contributed by atoms with van der Waals surface area (Å²) < 4.78 is 42.9. The molecule has 1 heterocycles. The first kappa shape index (κ1) is 18.6. The SMILES string of the molecule is COCC(C)(CNS(=O)(=O)c1ccc(-c2coc(C)n2)cc1)OC. The molecule has 0 aliphatic rings. The van der Waals surface area contributed by atoms with Crippen molar-refractivity contribution in [3.63, 3.8) is 0 Å². The number of nitrogens with zero attached hydrogens (tertiary/aromatic N) is 1. The summed E-state index contributed by atoms with van der Waals surface area (Å²) in [6.45, 7) is 3.90. The molecule has 0 radical (unpaired) electrons. The van der Waals surface area contributed by atoms with Crippen molar-refractivity contribution in [1.29, 1.82) is 0 Å². The molecule has 0 saturated heterocycles. The molecule has 24 heavy (non-hydrogen) atoms. The molecule has 0 spiro atoms. The molecule has 2 aromatic rings. The average molecular weight is 354 g/mol. The quantitative estimate of drug-likeness (QED) is 0.779. The summed E-state index contributed by atoms with van der Waals surface area (Å²) in [6.07, 6.45) is 1.53. The highest BCUT2D eigenvalue weighted by Gasteiger charge is 2.26. The van der Waals surface area contributed by atoms with Crippen molar-refractivity contribution in [2.75, 3.05) is 27.4 Å². The van der Waals surface area contributed by atoms with E-state index in [-0.39, 0.29) is 18.0 Å². The van der Waals surface area contributed by atoms with E-state index in [1.165, 1.54) is 32.6 Å². The maximum absolute atomic E-state index is 12.4. The van der Waals surface area contributed by atoms with Gasteiger partial charge < -0.3 is 13.9 Å². The van der Waals surface area contributed by atoms with Gasteiger partial charge in [-0.3, -0.25) is 0 Å². The van der Waals surface area contributed by atoms with Gasteiger partial charge in [-0.05, 0) is 19.1 Å². The van der Waals surface area contributed by atoms with Gasteiger partial charge in [0.05, 0.1) is 11.5 Å². The highest BCUT2D eigenvalue weighted by atomic mass is 32.2. The third-order valence-electron chi connectivity index (χ3n) is 3.66. The van der Waals surface area contributed by atoms with E-state index >= 15 is 0 Å². The third kappa shape index (κ3) is 4.41. The Labute approximate surface area is 142 Å².